The molecular weight excluding hydrogens is 186 g/mol. The number of hydrogen-bond donors (Lipinski definition) is 1. The van der Waals surface area contributed by atoms with E-state index in [0.29, 0.717) is 0 Å². The molecule has 0 saturated carbocycles. The molecule has 0 fully saturated rings. The highest BCUT2D eigenvalue weighted by molar-refractivity contribution is 9.18. The zero-order chi connectivity index (χ0) is 6.41. The lowest BCUT2D eigenvalue weighted by atomic mass is 10.7. The van der Waals surface area contributed by atoms with Crippen molar-refractivity contribution >= 4 is 33.2 Å². The summed E-state index contributed by atoms with van der Waals surface area (Å²) < 4.78 is 0.843. The molecule has 0 bridgehead atoms. The van der Waals surface area contributed by atoms with E-state index in [-0.39, 0.29) is 0 Å². The summed E-state index contributed by atoms with van der Waals surface area (Å²) in [6, 6.07) is 0. The lowest BCUT2D eigenvalue weighted by Crippen LogP contribution is -1.78. The first-order valence-electron chi connectivity index (χ1n) is 2.32. The number of rotatable bonds is 2. The molecule has 0 N–H and O–H groups in total. The van der Waals surface area contributed by atoms with Crippen LogP contribution in [0.15, 0.2) is 16.5 Å². The van der Waals surface area contributed by atoms with Crippen LogP contribution in [-0.4, -0.2) is 11.2 Å². The van der Waals surface area contributed by atoms with Gasteiger partial charge < -0.3 is 0 Å². The van der Waals surface area contributed by atoms with Crippen molar-refractivity contribution in [3.8, 4) is 0 Å². The van der Waals surface area contributed by atoms with Crippen molar-refractivity contribution in [3.63, 3.8) is 0 Å². The topological polar surface area (TPSA) is 12.4 Å². The van der Waals surface area contributed by atoms with E-state index < -0.39 is 0 Å². The zero-order valence-electron chi connectivity index (χ0n) is 4.63. The molecule has 8 heavy (non-hydrogen) atoms. The summed E-state index contributed by atoms with van der Waals surface area (Å²) in [5.74, 6) is 0. The molecule has 0 amide bonds. The van der Waals surface area contributed by atoms with Gasteiger partial charge >= 0.3 is 0 Å². The molecule has 0 aromatic heterocycles. The highest BCUT2D eigenvalue weighted by atomic mass is 79.9. The summed E-state index contributed by atoms with van der Waals surface area (Å²) in [5, 5.41) is 1.64. The number of allylic oxidation sites excluding steroid dienone is 1. The fourth-order valence-electron chi connectivity index (χ4n) is 0.265. The maximum atomic E-state index is 4.01. The van der Waals surface area contributed by atoms with Crippen molar-refractivity contribution in [2.45, 2.75) is 6.92 Å². The van der Waals surface area contributed by atoms with Crippen molar-refractivity contribution in [1.29, 1.82) is 0 Å². The van der Waals surface area contributed by atoms with Crippen LogP contribution in [0.1, 0.15) is 6.92 Å². The van der Waals surface area contributed by atoms with E-state index in [1.54, 1.807) is 11.5 Å². The second kappa shape index (κ2) is 5.38. The van der Waals surface area contributed by atoms with Crippen LogP contribution in [0, 0.1) is 0 Å². The van der Waals surface area contributed by atoms with Crippen molar-refractivity contribution in [3.05, 3.63) is 11.5 Å². The van der Waals surface area contributed by atoms with Gasteiger partial charge in [0.25, 0.3) is 0 Å². The van der Waals surface area contributed by atoms with Gasteiger partial charge in [0, 0.05) is 6.54 Å². The molecule has 0 aliphatic heterocycles. The Morgan fingerprint density at radius 3 is 2.88 bits per heavy atom. The molecular formula is C5H8BrNS. The Kier molecular flexibility index (Phi) is 5.54. The maximum absolute atomic E-state index is 4.01. The van der Waals surface area contributed by atoms with E-state index in [1.165, 1.54) is 0 Å². The second-order valence-corrected chi connectivity index (χ2v) is 2.22. The summed E-state index contributed by atoms with van der Waals surface area (Å²) >= 11 is 7.07. The van der Waals surface area contributed by atoms with E-state index in [0.717, 1.165) is 11.2 Å². The molecule has 0 spiro atoms. The standard InChI is InChI=1S/C5H8BrNS/c1-2-7-5(6)3-4-8/h3-4,8H,2H2,1H3/b4-3+,7-5+. The molecule has 3 heteroatoms. The van der Waals surface area contributed by atoms with Gasteiger partial charge in [-0.1, -0.05) is 0 Å². The van der Waals surface area contributed by atoms with Gasteiger partial charge in [-0.15, -0.1) is 0 Å². The Labute approximate surface area is 63.4 Å². The van der Waals surface area contributed by atoms with Gasteiger partial charge in [-0.2, -0.15) is 12.6 Å². The van der Waals surface area contributed by atoms with Crippen molar-refractivity contribution < 1.29 is 0 Å². The summed E-state index contributed by atoms with van der Waals surface area (Å²) in [5.41, 5.74) is 0. The molecule has 0 heterocycles. The Bertz CT molecular complexity index is 109. The Morgan fingerprint density at radius 2 is 2.50 bits per heavy atom. The molecule has 0 unspecified atom stereocenters. The van der Waals surface area contributed by atoms with Crippen molar-refractivity contribution in [1.82, 2.24) is 0 Å². The first-order valence-corrected chi connectivity index (χ1v) is 3.63. The lowest BCUT2D eigenvalue weighted by Gasteiger charge is -1.82. The minimum absolute atomic E-state index is 0.804. The maximum Gasteiger partial charge on any atom is 0.101 e. The van der Waals surface area contributed by atoms with Gasteiger partial charge in [0.1, 0.15) is 4.62 Å². The SMILES string of the molecule is CC/N=C(Br)\C=C\S. The molecule has 46 valence electrons. The highest BCUT2D eigenvalue weighted by Gasteiger charge is 1.78. The first-order chi connectivity index (χ1) is 3.81. The zero-order valence-corrected chi connectivity index (χ0v) is 7.11. The Hall–Kier alpha value is 0.240. The highest BCUT2D eigenvalue weighted by Crippen LogP contribution is 1.92. The number of hydrogen-bond acceptors (Lipinski definition) is 2. The quantitative estimate of drug-likeness (QED) is 0.511. The second-order valence-electron chi connectivity index (χ2n) is 1.11. The minimum Gasteiger partial charge on any atom is -0.278 e. The average Bonchev–Trinajstić information content (AvgIpc) is 1.68. The molecule has 0 aliphatic rings. The van der Waals surface area contributed by atoms with Crippen LogP contribution in [0.2, 0.25) is 0 Å². The van der Waals surface area contributed by atoms with Crippen LogP contribution in [0.4, 0.5) is 0 Å². The number of aliphatic imine (C=N–C) groups is 1. The molecule has 0 atom stereocenters. The predicted molar refractivity (Wildman–Crippen MR) is 45.0 cm³/mol. The van der Waals surface area contributed by atoms with Crippen molar-refractivity contribution in [2.24, 2.45) is 4.99 Å². The third-order valence-electron chi connectivity index (χ3n) is 0.521. The molecule has 0 radical (unpaired) electrons. The summed E-state index contributed by atoms with van der Waals surface area (Å²) in [4.78, 5) is 4.01. The monoisotopic (exact) mass is 193 g/mol. The molecule has 0 rings (SSSR count). The molecule has 0 aliphatic carbocycles. The van der Waals surface area contributed by atoms with Gasteiger partial charge in [-0.05, 0) is 34.3 Å². The van der Waals surface area contributed by atoms with Gasteiger partial charge in [0.15, 0.2) is 0 Å². The Morgan fingerprint density at radius 1 is 1.88 bits per heavy atom. The van der Waals surface area contributed by atoms with Gasteiger partial charge in [0.05, 0.1) is 0 Å². The van der Waals surface area contributed by atoms with E-state index in [4.69, 9.17) is 0 Å². The van der Waals surface area contributed by atoms with Crippen LogP contribution >= 0.6 is 28.6 Å². The van der Waals surface area contributed by atoms with Crippen LogP contribution in [0.25, 0.3) is 0 Å². The van der Waals surface area contributed by atoms with Gasteiger partial charge in [-0.3, -0.25) is 4.99 Å². The van der Waals surface area contributed by atoms with Crippen LogP contribution in [0.5, 0.6) is 0 Å². The largest absolute Gasteiger partial charge is 0.278 e. The van der Waals surface area contributed by atoms with Gasteiger partial charge in [0.2, 0.25) is 0 Å². The van der Waals surface area contributed by atoms with E-state index in [9.17, 15) is 0 Å². The summed E-state index contributed by atoms with van der Waals surface area (Å²) in [6.07, 6.45) is 1.78. The van der Waals surface area contributed by atoms with E-state index in [2.05, 4.69) is 33.6 Å². The lowest BCUT2D eigenvalue weighted by molar-refractivity contribution is 1.14. The number of halogens is 1. The molecule has 0 aromatic rings. The number of nitrogens with zero attached hydrogens (tertiary/aromatic N) is 1. The summed E-state index contributed by atoms with van der Waals surface area (Å²) in [6.45, 7) is 2.78. The van der Waals surface area contributed by atoms with Crippen LogP contribution in [0.3, 0.4) is 0 Å². The normalized spacial score (nSPS) is 13.1. The third-order valence-corrected chi connectivity index (χ3v) is 1.19. The minimum atomic E-state index is 0.804. The molecule has 1 nitrogen and oxygen atoms in total. The molecule has 0 saturated heterocycles. The Balaban J connectivity index is 3.61. The first kappa shape index (κ1) is 8.24. The van der Waals surface area contributed by atoms with E-state index >= 15 is 0 Å². The summed E-state index contributed by atoms with van der Waals surface area (Å²) in [7, 11) is 0. The fourth-order valence-corrected chi connectivity index (χ4v) is 0.994. The fraction of sp³-hybridized carbons (Fsp3) is 0.400. The van der Waals surface area contributed by atoms with E-state index in [1.807, 2.05) is 6.92 Å². The van der Waals surface area contributed by atoms with Crippen molar-refractivity contribution in [2.75, 3.05) is 6.54 Å². The number of thiol groups is 1. The van der Waals surface area contributed by atoms with Crippen LogP contribution in [-0.2, 0) is 0 Å². The van der Waals surface area contributed by atoms with Crippen LogP contribution < -0.4 is 0 Å². The van der Waals surface area contributed by atoms with Gasteiger partial charge in [-0.25, -0.2) is 0 Å². The smallest absolute Gasteiger partial charge is 0.101 e. The molecule has 0 aromatic carbocycles. The average molecular weight is 194 g/mol. The predicted octanol–water partition coefficient (Wildman–Crippen LogP) is 2.24. The third kappa shape index (κ3) is 4.40.